The van der Waals surface area contributed by atoms with Gasteiger partial charge in [0.1, 0.15) is 17.2 Å². The van der Waals surface area contributed by atoms with Gasteiger partial charge in [0.25, 0.3) is 0 Å². The number of carbonyl (C=O) groups is 1. The number of nitrogens with one attached hydrogen (secondary N) is 1. The number of nitrogens with two attached hydrogens (primary N) is 2. The van der Waals surface area contributed by atoms with Crippen LogP contribution in [0.15, 0.2) is 35.4 Å². The van der Waals surface area contributed by atoms with Gasteiger partial charge in [-0.15, -0.1) is 0 Å². The number of hydrogen-bond acceptors (Lipinski definition) is 8. The van der Waals surface area contributed by atoms with Crippen LogP contribution in [0.5, 0.6) is 11.5 Å². The second kappa shape index (κ2) is 9.98. The van der Waals surface area contributed by atoms with E-state index in [2.05, 4.69) is 26.8 Å². The highest BCUT2D eigenvalue weighted by atomic mass is 19.1. The van der Waals surface area contributed by atoms with Crippen LogP contribution in [0, 0.1) is 17.7 Å². The van der Waals surface area contributed by atoms with Gasteiger partial charge in [0.15, 0.2) is 11.5 Å². The molecule has 0 unspecified atom stereocenters. The van der Waals surface area contributed by atoms with Crippen LogP contribution < -0.4 is 26.4 Å². The van der Waals surface area contributed by atoms with E-state index in [4.69, 9.17) is 20.9 Å². The van der Waals surface area contributed by atoms with Crippen molar-refractivity contribution >= 4 is 28.6 Å². The molecular formula is C28H24FN5O5. The molecule has 0 radical (unpaired) electrons. The van der Waals surface area contributed by atoms with E-state index in [1.54, 1.807) is 18.3 Å². The smallest absolute Gasteiger partial charge is 0.341 e. The standard InChI is InChI=1S/C28H24FN5O5/c1-38-21-9-13(8-16-11-33-28(31)34-26(16)30)7-15(25(21)39-2)5-6-17-20(29)10-18-23(22(17)14-3-4-14)32-12-19(24(18)35)27(36)37/h7,9-12,14H,3-4,8H2,1-2H3,(H,32,35)(H,36,37)(H4,30,31,33,34). The van der Waals surface area contributed by atoms with E-state index in [9.17, 15) is 14.7 Å². The number of carboxylic acids is 1. The number of nitrogen functional groups attached to an aromatic ring is 2. The Morgan fingerprint density at radius 3 is 2.62 bits per heavy atom. The van der Waals surface area contributed by atoms with Gasteiger partial charge in [-0.25, -0.2) is 14.2 Å². The van der Waals surface area contributed by atoms with Crippen molar-refractivity contribution in [3.8, 4) is 23.3 Å². The summed E-state index contributed by atoms with van der Waals surface area (Å²) < 4.78 is 26.5. The van der Waals surface area contributed by atoms with E-state index in [0.717, 1.165) is 30.7 Å². The number of aromatic amines is 1. The van der Waals surface area contributed by atoms with Crippen LogP contribution >= 0.6 is 0 Å². The van der Waals surface area contributed by atoms with E-state index >= 15 is 4.39 Å². The Bertz CT molecular complexity index is 1770. The highest BCUT2D eigenvalue weighted by Crippen LogP contribution is 2.44. The summed E-state index contributed by atoms with van der Waals surface area (Å²) in [4.78, 5) is 35.0. The molecule has 2 aromatic carbocycles. The number of methoxy groups -OCH3 is 2. The number of ether oxygens (including phenoxy) is 2. The first-order valence-corrected chi connectivity index (χ1v) is 12.0. The average Bonchev–Trinajstić information content (AvgIpc) is 3.74. The van der Waals surface area contributed by atoms with Gasteiger partial charge < -0.3 is 31.0 Å². The third kappa shape index (κ3) is 4.80. The van der Waals surface area contributed by atoms with E-state index < -0.39 is 22.8 Å². The minimum absolute atomic E-state index is 0.00455. The summed E-state index contributed by atoms with van der Waals surface area (Å²) in [6, 6.07) is 4.59. The zero-order chi connectivity index (χ0) is 27.8. The van der Waals surface area contributed by atoms with Crippen molar-refractivity contribution in [2.24, 2.45) is 0 Å². The summed E-state index contributed by atoms with van der Waals surface area (Å²) in [5.74, 6) is 4.95. The molecule has 0 atom stereocenters. The molecule has 5 rings (SSSR count). The molecule has 10 nitrogen and oxygen atoms in total. The van der Waals surface area contributed by atoms with Gasteiger partial charge in [-0.1, -0.05) is 11.8 Å². The van der Waals surface area contributed by atoms with Gasteiger partial charge in [0.05, 0.1) is 30.9 Å². The van der Waals surface area contributed by atoms with Gasteiger partial charge >= 0.3 is 5.97 Å². The molecule has 39 heavy (non-hydrogen) atoms. The fourth-order valence-corrected chi connectivity index (χ4v) is 4.56. The predicted molar refractivity (Wildman–Crippen MR) is 143 cm³/mol. The Hall–Kier alpha value is -5.11. The van der Waals surface area contributed by atoms with Crippen LogP contribution in [0.3, 0.4) is 0 Å². The average molecular weight is 530 g/mol. The molecule has 0 bridgehead atoms. The highest BCUT2D eigenvalue weighted by molar-refractivity contribution is 5.94. The molecule has 6 N–H and O–H groups in total. The number of pyridine rings is 1. The number of halogens is 1. The van der Waals surface area contributed by atoms with Crippen molar-refractivity contribution in [3.63, 3.8) is 0 Å². The van der Waals surface area contributed by atoms with Crippen LogP contribution in [-0.2, 0) is 6.42 Å². The lowest BCUT2D eigenvalue weighted by molar-refractivity contribution is 0.0695. The quantitative estimate of drug-likeness (QED) is 0.274. The lowest BCUT2D eigenvalue weighted by Crippen LogP contribution is -2.16. The number of fused-ring (bicyclic) bond motifs is 1. The third-order valence-electron chi connectivity index (χ3n) is 6.56. The van der Waals surface area contributed by atoms with Crippen LogP contribution in [0.25, 0.3) is 10.9 Å². The molecule has 4 aromatic rings. The first-order valence-electron chi connectivity index (χ1n) is 12.0. The summed E-state index contributed by atoms with van der Waals surface area (Å²) in [7, 11) is 2.97. The van der Waals surface area contributed by atoms with Crippen molar-refractivity contribution < 1.29 is 23.8 Å². The van der Waals surface area contributed by atoms with Crippen molar-refractivity contribution in [3.05, 3.63) is 80.0 Å². The number of hydrogen-bond donors (Lipinski definition) is 4. The Labute approximate surface area is 221 Å². The molecule has 1 aliphatic carbocycles. The number of carboxylic acid groups (broad SMARTS) is 1. The highest BCUT2D eigenvalue weighted by Gasteiger charge is 2.31. The molecule has 0 saturated heterocycles. The van der Waals surface area contributed by atoms with E-state index in [1.165, 1.54) is 14.2 Å². The molecule has 0 spiro atoms. The van der Waals surface area contributed by atoms with E-state index in [-0.39, 0.29) is 28.6 Å². The first-order chi connectivity index (χ1) is 18.7. The summed E-state index contributed by atoms with van der Waals surface area (Å²) >= 11 is 0. The fraction of sp³-hybridized carbons (Fsp3) is 0.214. The van der Waals surface area contributed by atoms with Crippen LogP contribution in [-0.4, -0.2) is 40.2 Å². The SMILES string of the molecule is COc1cc(Cc2cnc(N)nc2N)cc(C#Cc2c(F)cc3c(=O)c(C(=O)O)c[nH]c3c2C2CC2)c1OC. The van der Waals surface area contributed by atoms with Crippen LogP contribution in [0.4, 0.5) is 16.2 Å². The summed E-state index contributed by atoms with van der Waals surface area (Å²) in [6.07, 6.45) is 4.63. The fourth-order valence-electron chi connectivity index (χ4n) is 4.56. The molecule has 1 saturated carbocycles. The van der Waals surface area contributed by atoms with Crippen molar-refractivity contribution in [2.75, 3.05) is 25.7 Å². The number of rotatable bonds is 6. The number of aromatic carboxylic acids is 1. The second-order valence-electron chi connectivity index (χ2n) is 9.12. The number of aromatic nitrogens is 3. The van der Waals surface area contributed by atoms with Crippen molar-refractivity contribution in [2.45, 2.75) is 25.2 Å². The summed E-state index contributed by atoms with van der Waals surface area (Å²) in [5.41, 5.74) is 13.3. The van der Waals surface area contributed by atoms with Crippen LogP contribution in [0.1, 0.15) is 56.9 Å². The zero-order valence-corrected chi connectivity index (χ0v) is 21.1. The molecule has 1 aliphatic rings. The molecule has 11 heteroatoms. The van der Waals surface area contributed by atoms with Gasteiger partial charge in [-0.05, 0) is 48.1 Å². The first kappa shape index (κ1) is 25.5. The Morgan fingerprint density at radius 2 is 1.97 bits per heavy atom. The predicted octanol–water partition coefficient (Wildman–Crippen LogP) is 3.21. The van der Waals surface area contributed by atoms with E-state index in [0.29, 0.717) is 40.1 Å². The maximum absolute atomic E-state index is 15.5. The number of anilines is 2. The maximum Gasteiger partial charge on any atom is 0.341 e. The molecule has 0 aliphatic heterocycles. The van der Waals surface area contributed by atoms with E-state index in [1.807, 2.05) is 0 Å². The Morgan fingerprint density at radius 1 is 1.21 bits per heavy atom. The number of nitrogens with zero attached hydrogens (tertiary/aromatic N) is 2. The van der Waals surface area contributed by atoms with Gasteiger partial charge in [-0.3, -0.25) is 4.79 Å². The minimum Gasteiger partial charge on any atom is -0.493 e. The monoisotopic (exact) mass is 529 g/mol. The minimum atomic E-state index is -1.39. The molecule has 0 amide bonds. The normalized spacial score (nSPS) is 12.6. The number of benzene rings is 2. The van der Waals surface area contributed by atoms with Crippen molar-refractivity contribution in [1.29, 1.82) is 0 Å². The zero-order valence-electron chi connectivity index (χ0n) is 21.1. The molecule has 2 aromatic heterocycles. The maximum atomic E-state index is 15.5. The molecule has 1 fully saturated rings. The van der Waals surface area contributed by atoms with Gasteiger partial charge in [0, 0.05) is 29.8 Å². The third-order valence-corrected chi connectivity index (χ3v) is 6.56. The molecule has 198 valence electrons. The Kier molecular flexibility index (Phi) is 6.54. The van der Waals surface area contributed by atoms with Crippen molar-refractivity contribution in [1.82, 2.24) is 15.0 Å². The van der Waals surface area contributed by atoms with Gasteiger partial charge in [0.2, 0.25) is 11.4 Å². The molecule has 2 heterocycles. The largest absolute Gasteiger partial charge is 0.493 e. The second-order valence-corrected chi connectivity index (χ2v) is 9.12. The lowest BCUT2D eigenvalue weighted by Gasteiger charge is -2.13. The lowest BCUT2D eigenvalue weighted by atomic mass is 9.97. The summed E-state index contributed by atoms with van der Waals surface area (Å²) in [6.45, 7) is 0. The number of H-pyrrole nitrogens is 1. The summed E-state index contributed by atoms with van der Waals surface area (Å²) in [5, 5.41) is 9.28. The van der Waals surface area contributed by atoms with Crippen LogP contribution in [0.2, 0.25) is 0 Å². The molecular weight excluding hydrogens is 505 g/mol. The topological polar surface area (TPSA) is 166 Å². The Balaban J connectivity index is 1.65. The van der Waals surface area contributed by atoms with Gasteiger partial charge in [-0.2, -0.15) is 4.98 Å².